The Labute approximate surface area is 451 Å². The number of likely N-dealkylation sites (tertiary alicyclic amines) is 1. The van der Waals surface area contributed by atoms with Gasteiger partial charge in [0.1, 0.15) is 22.8 Å². The van der Waals surface area contributed by atoms with Crippen LogP contribution in [-0.2, 0) is 6.54 Å². The van der Waals surface area contributed by atoms with E-state index in [0.717, 1.165) is 75.3 Å². The maximum absolute atomic E-state index is 16.2. The summed E-state index contributed by atoms with van der Waals surface area (Å²) in [4.78, 5) is 45.0. The number of fused-ring (bicyclic) bond motifs is 4. The van der Waals surface area contributed by atoms with Gasteiger partial charge in [0, 0.05) is 65.5 Å². The Morgan fingerprint density at radius 3 is 1.63 bits per heavy atom. The molecule has 0 saturated carbocycles. The lowest BCUT2D eigenvalue weighted by molar-refractivity contribution is 0.331. The molecule has 13 aromatic rings. The predicted octanol–water partition coefficient (Wildman–Crippen LogP) is 13.2. The molecule has 0 spiro atoms. The Bertz CT molecular complexity index is 4300. The van der Waals surface area contributed by atoms with Crippen LogP contribution in [-0.4, -0.2) is 88.2 Å². The minimum Gasteiger partial charge on any atom is -0.354 e. The van der Waals surface area contributed by atoms with Gasteiger partial charge in [0.2, 0.25) is 0 Å². The number of aromatic nitrogens is 14. The van der Waals surface area contributed by atoms with Crippen molar-refractivity contribution < 1.29 is 8.78 Å². The van der Waals surface area contributed by atoms with Gasteiger partial charge >= 0.3 is 0 Å². The number of nitrogens with zero attached hydrogens (tertiary/aromatic N) is 11. The van der Waals surface area contributed by atoms with Crippen molar-refractivity contribution in [2.75, 3.05) is 18.4 Å². The van der Waals surface area contributed by atoms with E-state index in [0.29, 0.717) is 62.0 Å². The van der Waals surface area contributed by atoms with E-state index in [-0.39, 0.29) is 16.8 Å². The average Bonchev–Trinajstić information content (AvgIpc) is 4.57. The summed E-state index contributed by atoms with van der Waals surface area (Å²) in [5.74, 6) is -0.0609. The highest BCUT2D eigenvalue weighted by atomic mass is 19.1. The van der Waals surface area contributed by atoms with Crippen molar-refractivity contribution in [2.24, 2.45) is 0 Å². The first-order valence-electron chi connectivity index (χ1n) is 25.9. The molecule has 11 heterocycles. The fraction of sp³-hybridized carbons (Fsp3) is 0.115. The van der Waals surface area contributed by atoms with E-state index in [1.165, 1.54) is 12.8 Å². The van der Waals surface area contributed by atoms with Gasteiger partial charge in [0.25, 0.3) is 0 Å². The summed E-state index contributed by atoms with van der Waals surface area (Å²) in [6, 6.07) is 36.7. The molecule has 10 aromatic heterocycles. The van der Waals surface area contributed by atoms with Crippen LogP contribution in [0.4, 0.5) is 14.5 Å². The second-order valence-corrected chi connectivity index (χ2v) is 18.6. The van der Waals surface area contributed by atoms with E-state index in [1.54, 1.807) is 49.4 Å². The number of hydrogen-bond donors (Lipinski definition) is 5. The van der Waals surface area contributed by atoms with Gasteiger partial charge < -0.3 is 15.3 Å². The van der Waals surface area contributed by atoms with Crippen molar-refractivity contribution in [3.05, 3.63) is 194 Å². The molecule has 0 atom stereocenters. The first kappa shape index (κ1) is 49.7. The summed E-state index contributed by atoms with van der Waals surface area (Å²) in [6.45, 7) is 11.1. The Hall–Kier alpha value is -10.2. The van der Waals surface area contributed by atoms with Crippen LogP contribution in [0.3, 0.4) is 0 Å². The lowest BCUT2D eigenvalue weighted by Gasteiger charge is -2.14. The number of anilines is 1. The predicted molar refractivity (Wildman–Crippen MR) is 306 cm³/mol. The van der Waals surface area contributed by atoms with E-state index in [1.807, 2.05) is 129 Å². The number of pyridine rings is 6. The van der Waals surface area contributed by atoms with Crippen molar-refractivity contribution >= 4 is 55.3 Å². The smallest absolute Gasteiger partial charge is 0.161 e. The number of halogens is 2. The van der Waals surface area contributed by atoms with Gasteiger partial charge in [-0.3, -0.25) is 45.0 Å². The molecule has 5 N–H and O–H groups in total. The molecule has 18 heteroatoms. The largest absolute Gasteiger partial charge is 0.354 e. The number of nitrogens with one attached hydrogen (secondary N) is 5. The second kappa shape index (κ2) is 21.8. The highest BCUT2D eigenvalue weighted by Crippen LogP contribution is 2.37. The Morgan fingerprint density at radius 1 is 0.557 bits per heavy atom. The number of rotatable bonds is 11. The Morgan fingerprint density at radius 2 is 1.09 bits per heavy atom. The zero-order valence-electron chi connectivity index (χ0n) is 43.0. The zero-order valence-corrected chi connectivity index (χ0v) is 43.0. The monoisotopic (exact) mass is 1040 g/mol. The Kier molecular flexibility index (Phi) is 13.7. The third-order valence-corrected chi connectivity index (χ3v) is 13.5. The molecule has 0 amide bonds. The third kappa shape index (κ3) is 9.83. The van der Waals surface area contributed by atoms with Crippen LogP contribution in [0.5, 0.6) is 0 Å². The zero-order chi connectivity index (χ0) is 53.8. The molecule has 0 aliphatic carbocycles. The quantitative estimate of drug-likeness (QED) is 0.0820. The fourth-order valence-electron chi connectivity index (χ4n) is 9.87. The summed E-state index contributed by atoms with van der Waals surface area (Å²) >= 11 is 0. The van der Waals surface area contributed by atoms with E-state index < -0.39 is 11.6 Å². The maximum atomic E-state index is 16.2. The number of aromatic amines is 4. The molecule has 1 saturated heterocycles. The summed E-state index contributed by atoms with van der Waals surface area (Å²) in [5, 5.41) is 18.5. The standard InChI is InChI=1S/C31H21FN8.C28H23FN8.C2H6/c1-18(19-8-3-2-4-9-19)36-21-14-20(15-33-16-21)28-27(32)26-25(17-35-28)39-40-30(26)31-37-24-12-7-10-22(29(24)38-31)23-11-5-6-13-34-23;29-24-23-22(15-32-25(24)18-12-17(13-30-14-18)16-37-10-3-4-11-37)35-36-27(23)28-33-21-8-5-6-19(26(21)34-28)20-7-1-2-9-31-20;1-2/h2-17,36H,1H2,(H,37,38)(H,39,40);1-2,5-9,12-15H,3-4,10-11,16H2,(H,33,34)(H,35,36);1-2H3. The van der Waals surface area contributed by atoms with Gasteiger partial charge in [0.05, 0.1) is 79.5 Å². The lowest BCUT2D eigenvalue weighted by atomic mass is 10.1. The molecule has 0 unspecified atom stereocenters. The molecule has 1 fully saturated rings. The van der Waals surface area contributed by atoms with Crippen LogP contribution < -0.4 is 5.32 Å². The summed E-state index contributed by atoms with van der Waals surface area (Å²) in [5.41, 5.74) is 13.1. The Balaban J connectivity index is 0.000000153. The second-order valence-electron chi connectivity index (χ2n) is 18.6. The van der Waals surface area contributed by atoms with E-state index in [2.05, 4.69) is 77.1 Å². The van der Waals surface area contributed by atoms with Gasteiger partial charge in [-0.05, 0) is 85.6 Å². The van der Waals surface area contributed by atoms with Crippen LogP contribution in [0.2, 0.25) is 0 Å². The molecule has 3 aromatic carbocycles. The average molecular weight is 1050 g/mol. The van der Waals surface area contributed by atoms with Gasteiger partial charge in [-0.25, -0.2) is 18.7 Å². The molecule has 79 heavy (non-hydrogen) atoms. The molecule has 14 rings (SSSR count). The topological polar surface area (TPSA) is 207 Å². The SMILES string of the molecule is C=C(Nc1cncc(-c2ncc3[nH]nc(-c4nc5c(-c6ccccn6)cccc5[nH]4)c3c2F)c1)c1ccccc1.CC.Fc1c(-c2cncc(CN3CCCC3)c2)ncc2[nH]nc(-c3nc4c(-c5ccccn5)cccc4[nH]3)c12. The van der Waals surface area contributed by atoms with Crippen LogP contribution in [0.15, 0.2) is 171 Å². The number of benzene rings is 3. The van der Waals surface area contributed by atoms with Crippen LogP contribution >= 0.6 is 0 Å². The van der Waals surface area contributed by atoms with Gasteiger partial charge in [-0.1, -0.05) is 87.2 Å². The van der Waals surface area contributed by atoms with E-state index in [4.69, 9.17) is 9.97 Å². The first-order chi connectivity index (χ1) is 38.9. The van der Waals surface area contributed by atoms with Crippen molar-refractivity contribution in [1.82, 2.24) is 75.1 Å². The molecule has 1 aliphatic rings. The highest BCUT2D eigenvalue weighted by Gasteiger charge is 2.24. The summed E-state index contributed by atoms with van der Waals surface area (Å²) in [6.07, 6.45) is 15.8. The third-order valence-electron chi connectivity index (χ3n) is 13.5. The minimum absolute atomic E-state index is 0.155. The molecule has 16 nitrogen and oxygen atoms in total. The normalized spacial score (nSPS) is 12.4. The number of para-hydroxylation sites is 2. The molecule has 388 valence electrons. The van der Waals surface area contributed by atoms with Crippen LogP contribution in [0.1, 0.15) is 37.8 Å². The van der Waals surface area contributed by atoms with Gasteiger partial charge in [-0.2, -0.15) is 10.2 Å². The summed E-state index contributed by atoms with van der Waals surface area (Å²) < 4.78 is 32.2. The minimum atomic E-state index is -0.521. The molecule has 0 radical (unpaired) electrons. The maximum Gasteiger partial charge on any atom is 0.161 e. The van der Waals surface area contributed by atoms with E-state index >= 15 is 8.78 Å². The van der Waals surface area contributed by atoms with Crippen LogP contribution in [0, 0.1) is 11.6 Å². The molecular formula is C61H50F2N16. The molecule has 1 aliphatic heterocycles. The number of hydrogen-bond acceptors (Lipinski definition) is 12. The molecular weight excluding hydrogens is 995 g/mol. The van der Waals surface area contributed by atoms with Crippen molar-refractivity contribution in [3.8, 4) is 68.1 Å². The van der Waals surface area contributed by atoms with Crippen LogP contribution in [0.25, 0.3) is 118 Å². The molecule has 0 bridgehead atoms. The summed E-state index contributed by atoms with van der Waals surface area (Å²) in [7, 11) is 0. The van der Waals surface area contributed by atoms with Crippen molar-refractivity contribution in [1.29, 1.82) is 0 Å². The lowest BCUT2D eigenvalue weighted by Crippen LogP contribution is -2.18. The highest BCUT2D eigenvalue weighted by molar-refractivity contribution is 5.99. The first-order valence-corrected chi connectivity index (χ1v) is 25.9. The number of imidazole rings is 2. The van der Waals surface area contributed by atoms with Gasteiger partial charge in [-0.15, -0.1) is 0 Å². The fourth-order valence-corrected chi connectivity index (χ4v) is 9.87. The van der Waals surface area contributed by atoms with E-state index in [9.17, 15) is 0 Å². The van der Waals surface area contributed by atoms with Crippen molar-refractivity contribution in [3.63, 3.8) is 0 Å². The van der Waals surface area contributed by atoms with Crippen molar-refractivity contribution in [2.45, 2.75) is 33.2 Å². The van der Waals surface area contributed by atoms with Gasteiger partial charge in [0.15, 0.2) is 23.3 Å². The number of H-pyrrole nitrogens is 4.